The smallest absolute Gasteiger partial charge is 0.123 e. The molecular formula is C13H19ClFN. The van der Waals surface area contributed by atoms with Crippen molar-refractivity contribution in [2.24, 2.45) is 11.1 Å². The molecule has 1 rings (SSSR count). The molecule has 0 saturated carbocycles. The molecular weight excluding hydrogens is 225 g/mol. The molecule has 0 bridgehead atoms. The van der Waals surface area contributed by atoms with Gasteiger partial charge in [0.15, 0.2) is 0 Å². The van der Waals surface area contributed by atoms with Gasteiger partial charge in [-0.3, -0.25) is 0 Å². The lowest BCUT2D eigenvalue weighted by atomic mass is 9.80. The van der Waals surface area contributed by atoms with Crippen molar-refractivity contribution >= 4 is 11.6 Å². The Bertz CT molecular complexity index is 361. The fourth-order valence-corrected chi connectivity index (χ4v) is 2.32. The summed E-state index contributed by atoms with van der Waals surface area (Å²) in [6, 6.07) is 4.63. The predicted molar refractivity (Wildman–Crippen MR) is 67.2 cm³/mol. The van der Waals surface area contributed by atoms with E-state index in [1.807, 2.05) is 6.92 Å². The highest BCUT2D eigenvalue weighted by molar-refractivity contribution is 6.31. The third-order valence-electron chi connectivity index (χ3n) is 2.55. The summed E-state index contributed by atoms with van der Waals surface area (Å²) >= 11 is 6.04. The van der Waals surface area contributed by atoms with E-state index in [0.717, 1.165) is 18.4 Å². The average Bonchev–Trinajstić information content (AvgIpc) is 2.08. The monoisotopic (exact) mass is 243 g/mol. The zero-order valence-electron chi connectivity index (χ0n) is 10.1. The number of hydrogen-bond acceptors (Lipinski definition) is 1. The second-order valence-corrected chi connectivity index (χ2v) is 5.67. The number of benzene rings is 1. The molecule has 0 aromatic heterocycles. The van der Waals surface area contributed by atoms with Crippen LogP contribution in [0.3, 0.4) is 0 Å². The van der Waals surface area contributed by atoms with Gasteiger partial charge >= 0.3 is 0 Å². The van der Waals surface area contributed by atoms with Gasteiger partial charge in [0.2, 0.25) is 0 Å². The second-order valence-electron chi connectivity index (χ2n) is 5.26. The Morgan fingerprint density at radius 1 is 1.44 bits per heavy atom. The molecule has 1 unspecified atom stereocenters. The fraction of sp³-hybridized carbons (Fsp3) is 0.538. The first-order valence-electron chi connectivity index (χ1n) is 5.50. The molecule has 90 valence electrons. The van der Waals surface area contributed by atoms with Crippen molar-refractivity contribution in [1.82, 2.24) is 0 Å². The van der Waals surface area contributed by atoms with Crippen molar-refractivity contribution < 1.29 is 4.39 Å². The normalized spacial score (nSPS) is 13.9. The highest BCUT2D eigenvalue weighted by Crippen LogP contribution is 2.30. The standard InChI is InChI=1S/C13H19ClFN/c1-9(16)7-13(2,3)8-10-6-11(15)4-5-12(10)14/h4-6,9H,7-8,16H2,1-3H3. The molecule has 1 atom stereocenters. The molecule has 0 aliphatic carbocycles. The Balaban J connectivity index is 2.82. The summed E-state index contributed by atoms with van der Waals surface area (Å²) in [5, 5.41) is 0.624. The van der Waals surface area contributed by atoms with Crippen molar-refractivity contribution in [1.29, 1.82) is 0 Å². The maximum absolute atomic E-state index is 13.1. The summed E-state index contributed by atoms with van der Waals surface area (Å²) < 4.78 is 13.1. The molecule has 16 heavy (non-hydrogen) atoms. The average molecular weight is 244 g/mol. The van der Waals surface area contributed by atoms with Gasteiger partial charge in [0.05, 0.1) is 0 Å². The number of nitrogens with two attached hydrogens (primary N) is 1. The van der Waals surface area contributed by atoms with E-state index in [1.165, 1.54) is 12.1 Å². The molecule has 0 saturated heterocycles. The van der Waals surface area contributed by atoms with Crippen LogP contribution in [0, 0.1) is 11.2 Å². The van der Waals surface area contributed by atoms with Gasteiger partial charge in [-0.25, -0.2) is 4.39 Å². The summed E-state index contributed by atoms with van der Waals surface area (Å²) in [6.07, 6.45) is 1.63. The van der Waals surface area contributed by atoms with Crippen LogP contribution in [0.2, 0.25) is 5.02 Å². The molecule has 1 nitrogen and oxygen atoms in total. The minimum Gasteiger partial charge on any atom is -0.328 e. The molecule has 0 amide bonds. The Morgan fingerprint density at radius 3 is 2.62 bits per heavy atom. The Labute approximate surface area is 102 Å². The Hall–Kier alpha value is -0.600. The van der Waals surface area contributed by atoms with Gasteiger partial charge in [-0.15, -0.1) is 0 Å². The molecule has 0 spiro atoms. The zero-order chi connectivity index (χ0) is 12.3. The Kier molecular flexibility index (Phi) is 4.34. The van der Waals surface area contributed by atoms with Crippen LogP contribution in [-0.4, -0.2) is 6.04 Å². The molecule has 0 aliphatic rings. The minimum absolute atomic E-state index is 0.0333. The van der Waals surface area contributed by atoms with Gasteiger partial charge in [-0.05, 0) is 48.9 Å². The van der Waals surface area contributed by atoms with Gasteiger partial charge in [0.25, 0.3) is 0 Å². The van der Waals surface area contributed by atoms with E-state index < -0.39 is 0 Å². The molecule has 1 aromatic rings. The molecule has 0 heterocycles. The minimum atomic E-state index is -0.240. The van der Waals surface area contributed by atoms with E-state index in [0.29, 0.717) is 5.02 Å². The highest BCUT2D eigenvalue weighted by atomic mass is 35.5. The van der Waals surface area contributed by atoms with Crippen LogP contribution in [0.15, 0.2) is 18.2 Å². The number of halogens is 2. The first-order valence-corrected chi connectivity index (χ1v) is 5.87. The third kappa shape index (κ3) is 4.11. The highest BCUT2D eigenvalue weighted by Gasteiger charge is 2.21. The summed E-state index contributed by atoms with van der Waals surface area (Å²) in [6.45, 7) is 6.23. The Morgan fingerprint density at radius 2 is 2.06 bits per heavy atom. The third-order valence-corrected chi connectivity index (χ3v) is 2.92. The van der Waals surface area contributed by atoms with Gasteiger partial charge in [-0.2, -0.15) is 0 Å². The largest absolute Gasteiger partial charge is 0.328 e. The lowest BCUT2D eigenvalue weighted by Gasteiger charge is -2.27. The number of rotatable bonds is 4. The van der Waals surface area contributed by atoms with Gasteiger partial charge in [-0.1, -0.05) is 25.4 Å². The molecule has 0 fully saturated rings. The molecule has 2 N–H and O–H groups in total. The van der Waals surface area contributed by atoms with E-state index in [1.54, 1.807) is 6.07 Å². The van der Waals surface area contributed by atoms with E-state index >= 15 is 0 Å². The topological polar surface area (TPSA) is 26.0 Å². The van der Waals surface area contributed by atoms with Crippen LogP contribution in [0.5, 0.6) is 0 Å². The summed E-state index contributed by atoms with van der Waals surface area (Å²) in [4.78, 5) is 0. The van der Waals surface area contributed by atoms with Crippen molar-refractivity contribution in [3.05, 3.63) is 34.6 Å². The van der Waals surface area contributed by atoms with E-state index in [4.69, 9.17) is 17.3 Å². The van der Waals surface area contributed by atoms with Crippen molar-refractivity contribution in [2.75, 3.05) is 0 Å². The summed E-state index contributed by atoms with van der Waals surface area (Å²) in [7, 11) is 0. The lowest BCUT2D eigenvalue weighted by molar-refractivity contribution is 0.309. The van der Waals surface area contributed by atoms with Gasteiger partial charge < -0.3 is 5.73 Å². The van der Waals surface area contributed by atoms with E-state index in [9.17, 15) is 4.39 Å². The summed E-state index contributed by atoms with van der Waals surface area (Å²) in [5.74, 6) is -0.240. The maximum atomic E-state index is 13.1. The van der Waals surface area contributed by atoms with Crippen LogP contribution < -0.4 is 5.73 Å². The van der Waals surface area contributed by atoms with Crippen molar-refractivity contribution in [2.45, 2.75) is 39.7 Å². The molecule has 0 radical (unpaired) electrons. The molecule has 1 aromatic carbocycles. The first-order chi connectivity index (χ1) is 7.30. The van der Waals surface area contributed by atoms with Crippen LogP contribution in [0.25, 0.3) is 0 Å². The predicted octanol–water partition coefficient (Wildman–Crippen LogP) is 3.79. The van der Waals surface area contributed by atoms with Gasteiger partial charge in [0, 0.05) is 11.1 Å². The van der Waals surface area contributed by atoms with Gasteiger partial charge in [0.1, 0.15) is 5.82 Å². The molecule has 3 heteroatoms. The van der Waals surface area contributed by atoms with Crippen molar-refractivity contribution in [3.8, 4) is 0 Å². The maximum Gasteiger partial charge on any atom is 0.123 e. The van der Waals surface area contributed by atoms with Crippen LogP contribution in [0.4, 0.5) is 4.39 Å². The number of hydrogen-bond donors (Lipinski definition) is 1. The van der Waals surface area contributed by atoms with Crippen LogP contribution in [-0.2, 0) is 6.42 Å². The molecule has 0 aliphatic heterocycles. The second kappa shape index (κ2) is 5.15. The lowest BCUT2D eigenvalue weighted by Crippen LogP contribution is -2.26. The van der Waals surface area contributed by atoms with Crippen LogP contribution >= 0.6 is 11.6 Å². The van der Waals surface area contributed by atoms with E-state index in [2.05, 4.69) is 13.8 Å². The SMILES string of the molecule is CC(N)CC(C)(C)Cc1cc(F)ccc1Cl. The van der Waals surface area contributed by atoms with Crippen LogP contribution in [0.1, 0.15) is 32.8 Å². The zero-order valence-corrected chi connectivity index (χ0v) is 10.8. The van der Waals surface area contributed by atoms with E-state index in [-0.39, 0.29) is 17.3 Å². The van der Waals surface area contributed by atoms with Crippen molar-refractivity contribution in [3.63, 3.8) is 0 Å². The summed E-state index contributed by atoms with van der Waals surface area (Å²) in [5.41, 5.74) is 6.68. The quantitative estimate of drug-likeness (QED) is 0.856. The fourth-order valence-electron chi connectivity index (χ4n) is 2.14. The first kappa shape index (κ1) is 13.5.